The van der Waals surface area contributed by atoms with Crippen molar-refractivity contribution >= 4 is 10.8 Å². The standard InChI is InChI=1S/C17H23N3/c1-13-6-8-20(9-7-13)17(10-18)16-12-19-11-14-4-2-3-5-15(14)16/h2-5,11-13,17H,6-10,18H2,1H3. The van der Waals surface area contributed by atoms with Crippen molar-refractivity contribution in [3.8, 4) is 0 Å². The molecule has 106 valence electrons. The highest BCUT2D eigenvalue weighted by Gasteiger charge is 2.24. The van der Waals surface area contributed by atoms with Gasteiger partial charge in [-0.1, -0.05) is 31.2 Å². The lowest BCUT2D eigenvalue weighted by Crippen LogP contribution is -2.39. The third-order valence-corrected chi connectivity index (χ3v) is 4.54. The van der Waals surface area contributed by atoms with E-state index in [1.165, 1.54) is 29.2 Å². The number of likely N-dealkylation sites (tertiary alicyclic amines) is 1. The molecule has 0 radical (unpaired) electrons. The number of hydrogen-bond acceptors (Lipinski definition) is 3. The molecular weight excluding hydrogens is 246 g/mol. The van der Waals surface area contributed by atoms with E-state index in [9.17, 15) is 0 Å². The molecule has 1 aliphatic rings. The number of nitrogens with zero attached hydrogens (tertiary/aromatic N) is 2. The second-order valence-electron chi connectivity index (χ2n) is 5.92. The summed E-state index contributed by atoms with van der Waals surface area (Å²) < 4.78 is 0. The van der Waals surface area contributed by atoms with E-state index in [0.717, 1.165) is 19.0 Å². The second-order valence-corrected chi connectivity index (χ2v) is 5.92. The molecule has 3 nitrogen and oxygen atoms in total. The van der Waals surface area contributed by atoms with Gasteiger partial charge in [-0.15, -0.1) is 0 Å². The van der Waals surface area contributed by atoms with Crippen LogP contribution in [0.5, 0.6) is 0 Å². The van der Waals surface area contributed by atoms with Crippen LogP contribution in [-0.2, 0) is 0 Å². The first-order valence-electron chi connectivity index (χ1n) is 7.56. The molecule has 1 atom stereocenters. The number of rotatable bonds is 3. The number of hydrogen-bond donors (Lipinski definition) is 1. The summed E-state index contributed by atoms with van der Waals surface area (Å²) in [5.41, 5.74) is 7.37. The number of fused-ring (bicyclic) bond motifs is 1. The van der Waals surface area contributed by atoms with Crippen LogP contribution < -0.4 is 5.73 Å². The summed E-state index contributed by atoms with van der Waals surface area (Å²) in [7, 11) is 0. The fourth-order valence-corrected chi connectivity index (χ4v) is 3.22. The minimum atomic E-state index is 0.293. The third kappa shape index (κ3) is 2.56. The van der Waals surface area contributed by atoms with Crippen LogP contribution in [0.25, 0.3) is 10.8 Å². The van der Waals surface area contributed by atoms with Gasteiger partial charge >= 0.3 is 0 Å². The van der Waals surface area contributed by atoms with Gasteiger partial charge in [-0.05, 0) is 42.8 Å². The van der Waals surface area contributed by atoms with Gasteiger partial charge in [0.1, 0.15) is 0 Å². The van der Waals surface area contributed by atoms with Gasteiger partial charge in [-0.2, -0.15) is 0 Å². The summed E-state index contributed by atoms with van der Waals surface area (Å²) in [5, 5.41) is 2.49. The Labute approximate surface area is 120 Å². The number of aromatic nitrogens is 1. The molecule has 20 heavy (non-hydrogen) atoms. The minimum absolute atomic E-state index is 0.293. The molecule has 0 aliphatic carbocycles. The molecule has 1 saturated heterocycles. The van der Waals surface area contributed by atoms with Gasteiger partial charge in [0, 0.05) is 30.4 Å². The average Bonchev–Trinajstić information content (AvgIpc) is 2.50. The Kier molecular flexibility index (Phi) is 3.99. The van der Waals surface area contributed by atoms with E-state index in [1.807, 2.05) is 12.4 Å². The highest BCUT2D eigenvalue weighted by Crippen LogP contribution is 2.30. The van der Waals surface area contributed by atoms with Gasteiger partial charge in [0.2, 0.25) is 0 Å². The predicted molar refractivity (Wildman–Crippen MR) is 83.5 cm³/mol. The number of pyridine rings is 1. The molecule has 0 amide bonds. The summed E-state index contributed by atoms with van der Waals surface area (Å²) in [6.07, 6.45) is 6.48. The third-order valence-electron chi connectivity index (χ3n) is 4.54. The van der Waals surface area contributed by atoms with Gasteiger partial charge in [0.25, 0.3) is 0 Å². The van der Waals surface area contributed by atoms with Gasteiger partial charge in [0.05, 0.1) is 0 Å². The first-order valence-corrected chi connectivity index (χ1v) is 7.56. The molecule has 0 saturated carbocycles. The monoisotopic (exact) mass is 269 g/mol. The Morgan fingerprint density at radius 2 is 2.00 bits per heavy atom. The fraction of sp³-hybridized carbons (Fsp3) is 0.471. The first kappa shape index (κ1) is 13.5. The zero-order valence-corrected chi connectivity index (χ0v) is 12.1. The van der Waals surface area contributed by atoms with E-state index < -0.39 is 0 Å². The molecule has 0 spiro atoms. The van der Waals surface area contributed by atoms with Crippen LogP contribution in [0.2, 0.25) is 0 Å². The van der Waals surface area contributed by atoms with Crippen molar-refractivity contribution in [3.63, 3.8) is 0 Å². The number of benzene rings is 1. The SMILES string of the molecule is CC1CCN(C(CN)c2cncc3ccccc23)CC1. The molecule has 2 heterocycles. The first-order chi connectivity index (χ1) is 9.79. The van der Waals surface area contributed by atoms with Crippen LogP contribution in [0, 0.1) is 5.92 Å². The van der Waals surface area contributed by atoms with Crippen molar-refractivity contribution in [1.82, 2.24) is 9.88 Å². The summed E-state index contributed by atoms with van der Waals surface area (Å²) >= 11 is 0. The highest BCUT2D eigenvalue weighted by molar-refractivity contribution is 5.85. The molecule has 2 aromatic rings. The Bertz CT molecular complexity index is 568. The molecule has 1 unspecified atom stereocenters. The van der Waals surface area contributed by atoms with E-state index >= 15 is 0 Å². The minimum Gasteiger partial charge on any atom is -0.329 e. The van der Waals surface area contributed by atoms with Crippen LogP contribution in [0.1, 0.15) is 31.4 Å². The molecule has 0 bridgehead atoms. The normalized spacial score (nSPS) is 19.3. The molecule has 1 aromatic heterocycles. The lowest BCUT2D eigenvalue weighted by atomic mass is 9.94. The van der Waals surface area contributed by atoms with Crippen LogP contribution in [0.3, 0.4) is 0 Å². The van der Waals surface area contributed by atoms with E-state index in [1.54, 1.807) is 0 Å². The maximum absolute atomic E-state index is 6.09. The maximum Gasteiger partial charge on any atom is 0.0491 e. The van der Waals surface area contributed by atoms with Crippen molar-refractivity contribution in [2.75, 3.05) is 19.6 Å². The zero-order chi connectivity index (χ0) is 13.9. The van der Waals surface area contributed by atoms with Crippen molar-refractivity contribution in [2.24, 2.45) is 11.7 Å². The lowest BCUT2D eigenvalue weighted by molar-refractivity contribution is 0.142. The Morgan fingerprint density at radius 3 is 2.75 bits per heavy atom. The predicted octanol–water partition coefficient (Wildman–Crippen LogP) is 2.97. The molecule has 2 N–H and O–H groups in total. The van der Waals surface area contributed by atoms with Crippen LogP contribution in [-0.4, -0.2) is 29.5 Å². The second kappa shape index (κ2) is 5.90. The topological polar surface area (TPSA) is 42.1 Å². The van der Waals surface area contributed by atoms with E-state index in [0.29, 0.717) is 12.6 Å². The van der Waals surface area contributed by atoms with E-state index in [2.05, 4.69) is 41.1 Å². The summed E-state index contributed by atoms with van der Waals surface area (Å²) in [6, 6.07) is 8.76. The van der Waals surface area contributed by atoms with Crippen LogP contribution in [0.15, 0.2) is 36.7 Å². The smallest absolute Gasteiger partial charge is 0.0491 e. The van der Waals surface area contributed by atoms with Crippen molar-refractivity contribution in [1.29, 1.82) is 0 Å². The van der Waals surface area contributed by atoms with E-state index in [-0.39, 0.29) is 0 Å². The summed E-state index contributed by atoms with van der Waals surface area (Å²) in [4.78, 5) is 6.94. The number of nitrogens with two attached hydrogens (primary N) is 1. The molecule has 3 heteroatoms. The lowest BCUT2D eigenvalue weighted by Gasteiger charge is -2.36. The van der Waals surface area contributed by atoms with Crippen molar-refractivity contribution in [2.45, 2.75) is 25.8 Å². The molecule has 1 aromatic carbocycles. The highest BCUT2D eigenvalue weighted by atomic mass is 15.2. The average molecular weight is 269 g/mol. The molecular formula is C17H23N3. The Balaban J connectivity index is 1.95. The van der Waals surface area contributed by atoms with Crippen molar-refractivity contribution < 1.29 is 0 Å². The Morgan fingerprint density at radius 1 is 1.25 bits per heavy atom. The quantitative estimate of drug-likeness (QED) is 0.931. The Hall–Kier alpha value is -1.45. The van der Waals surface area contributed by atoms with Crippen LogP contribution in [0.4, 0.5) is 0 Å². The molecule has 3 rings (SSSR count). The van der Waals surface area contributed by atoms with Crippen molar-refractivity contribution in [3.05, 3.63) is 42.2 Å². The summed E-state index contributed by atoms with van der Waals surface area (Å²) in [6.45, 7) is 5.29. The van der Waals surface area contributed by atoms with E-state index in [4.69, 9.17) is 5.73 Å². The number of piperidine rings is 1. The molecule has 1 fully saturated rings. The van der Waals surface area contributed by atoms with Gasteiger partial charge < -0.3 is 5.73 Å². The molecule has 1 aliphatic heterocycles. The van der Waals surface area contributed by atoms with Crippen LogP contribution >= 0.6 is 0 Å². The van der Waals surface area contributed by atoms with Gasteiger partial charge in [0.15, 0.2) is 0 Å². The van der Waals surface area contributed by atoms with Gasteiger partial charge in [-0.25, -0.2) is 0 Å². The largest absolute Gasteiger partial charge is 0.329 e. The zero-order valence-electron chi connectivity index (χ0n) is 12.1. The van der Waals surface area contributed by atoms with Gasteiger partial charge in [-0.3, -0.25) is 9.88 Å². The maximum atomic E-state index is 6.09. The fourth-order valence-electron chi connectivity index (χ4n) is 3.22. The summed E-state index contributed by atoms with van der Waals surface area (Å²) in [5.74, 6) is 0.843.